The van der Waals surface area contributed by atoms with Crippen molar-refractivity contribution in [2.75, 3.05) is 18.0 Å². The van der Waals surface area contributed by atoms with E-state index in [0.717, 1.165) is 18.9 Å². The van der Waals surface area contributed by atoms with Crippen LogP contribution in [0.4, 0.5) is 18.9 Å². The molecule has 0 saturated carbocycles. The first-order valence-corrected chi connectivity index (χ1v) is 7.92. The van der Waals surface area contributed by atoms with Crippen LogP contribution in [-0.2, 0) is 6.18 Å². The molecule has 7 heteroatoms. The van der Waals surface area contributed by atoms with Crippen molar-refractivity contribution in [2.45, 2.75) is 25.9 Å². The third-order valence-corrected chi connectivity index (χ3v) is 4.34. The topological polar surface area (TPSA) is 59.9 Å². The van der Waals surface area contributed by atoms with Gasteiger partial charge in [-0.15, -0.1) is 0 Å². The molecule has 1 fully saturated rings. The molecule has 25 heavy (non-hydrogen) atoms. The summed E-state index contributed by atoms with van der Waals surface area (Å²) in [7, 11) is 0. The van der Waals surface area contributed by atoms with Crippen LogP contribution in [0.25, 0.3) is 11.1 Å². The summed E-state index contributed by atoms with van der Waals surface area (Å²) in [6.07, 6.45) is -2.78. The number of anilines is 1. The molecule has 1 aromatic carbocycles. The number of aromatic amines is 1. The zero-order chi connectivity index (χ0) is 18.2. The predicted molar refractivity (Wildman–Crippen MR) is 88.4 cm³/mol. The van der Waals surface area contributed by atoms with E-state index in [9.17, 15) is 23.2 Å². The number of rotatable bonds is 2. The van der Waals surface area contributed by atoms with Gasteiger partial charge in [0, 0.05) is 30.0 Å². The van der Waals surface area contributed by atoms with Crippen molar-refractivity contribution in [3.05, 3.63) is 51.4 Å². The summed E-state index contributed by atoms with van der Waals surface area (Å²) in [5, 5.41) is 9.21. The molecule has 0 amide bonds. The molecular weight excluding hydrogens is 331 g/mol. The first-order valence-electron chi connectivity index (χ1n) is 7.92. The highest BCUT2D eigenvalue weighted by Crippen LogP contribution is 2.40. The van der Waals surface area contributed by atoms with Crippen molar-refractivity contribution < 1.29 is 13.2 Å². The molecule has 0 unspecified atom stereocenters. The van der Waals surface area contributed by atoms with E-state index in [4.69, 9.17) is 0 Å². The molecule has 0 atom stereocenters. The first-order chi connectivity index (χ1) is 11.8. The molecule has 1 N–H and O–H groups in total. The summed E-state index contributed by atoms with van der Waals surface area (Å²) in [6.45, 7) is 2.81. The number of aryl methyl sites for hydroxylation is 1. The van der Waals surface area contributed by atoms with Crippen LogP contribution in [0.2, 0.25) is 0 Å². The minimum Gasteiger partial charge on any atom is -0.371 e. The molecule has 1 aliphatic heterocycles. The van der Waals surface area contributed by atoms with E-state index in [1.165, 1.54) is 18.2 Å². The van der Waals surface area contributed by atoms with Crippen LogP contribution in [0.3, 0.4) is 0 Å². The number of nitrogens with one attached hydrogen (secondary N) is 1. The Bertz CT molecular complexity index is 903. The maximum atomic E-state index is 13.6. The summed E-state index contributed by atoms with van der Waals surface area (Å²) in [6, 6.07) is 7.30. The summed E-state index contributed by atoms with van der Waals surface area (Å²) in [4.78, 5) is 16.1. The van der Waals surface area contributed by atoms with Crippen molar-refractivity contribution >= 4 is 5.69 Å². The number of H-pyrrole nitrogens is 1. The standard InChI is InChI=1S/C18H16F3N3O/c1-11-8-13(14(10-22)17(25)23-11)12-4-5-16(24-6-2-3-7-24)15(9-12)18(19,20)21/h4-5,8-9H,2-3,6-7H2,1H3,(H,23,25). The third kappa shape index (κ3) is 3.25. The van der Waals surface area contributed by atoms with E-state index >= 15 is 0 Å². The first kappa shape index (κ1) is 17.1. The van der Waals surface area contributed by atoms with Gasteiger partial charge in [0.1, 0.15) is 11.6 Å². The van der Waals surface area contributed by atoms with E-state index in [1.54, 1.807) is 17.9 Å². The quantitative estimate of drug-likeness (QED) is 0.898. The molecule has 1 aromatic heterocycles. The van der Waals surface area contributed by atoms with Gasteiger partial charge in [0.05, 0.1) is 5.56 Å². The highest BCUT2D eigenvalue weighted by molar-refractivity contribution is 5.74. The van der Waals surface area contributed by atoms with Gasteiger partial charge in [0.2, 0.25) is 0 Å². The summed E-state index contributed by atoms with van der Waals surface area (Å²) >= 11 is 0. The van der Waals surface area contributed by atoms with Crippen molar-refractivity contribution in [3.8, 4) is 17.2 Å². The monoisotopic (exact) mass is 347 g/mol. The van der Waals surface area contributed by atoms with Crippen LogP contribution >= 0.6 is 0 Å². The maximum absolute atomic E-state index is 13.6. The molecular formula is C18H16F3N3O. The molecule has 130 valence electrons. The van der Waals surface area contributed by atoms with Crippen molar-refractivity contribution in [2.24, 2.45) is 0 Å². The van der Waals surface area contributed by atoms with Crippen LogP contribution in [0.5, 0.6) is 0 Å². The van der Waals surface area contributed by atoms with Crippen molar-refractivity contribution in [1.29, 1.82) is 5.26 Å². The number of hydrogen-bond acceptors (Lipinski definition) is 3. The highest BCUT2D eigenvalue weighted by atomic mass is 19.4. The summed E-state index contributed by atoms with van der Waals surface area (Å²) in [5.41, 5.74) is -0.482. The lowest BCUT2D eigenvalue weighted by molar-refractivity contribution is -0.137. The lowest BCUT2D eigenvalue weighted by atomic mass is 9.97. The van der Waals surface area contributed by atoms with Gasteiger partial charge >= 0.3 is 6.18 Å². The van der Waals surface area contributed by atoms with Gasteiger partial charge in [0.15, 0.2) is 0 Å². The number of pyridine rings is 1. The number of halogens is 3. The van der Waals surface area contributed by atoms with Crippen LogP contribution in [-0.4, -0.2) is 18.1 Å². The molecule has 0 bridgehead atoms. The van der Waals surface area contributed by atoms with E-state index in [-0.39, 0.29) is 22.4 Å². The van der Waals surface area contributed by atoms with E-state index in [1.807, 2.05) is 0 Å². The number of hydrogen-bond donors (Lipinski definition) is 1. The second-order valence-electron chi connectivity index (χ2n) is 6.11. The molecule has 3 rings (SSSR count). The van der Waals surface area contributed by atoms with Gasteiger partial charge in [-0.25, -0.2) is 0 Å². The fourth-order valence-electron chi connectivity index (χ4n) is 3.19. The van der Waals surface area contributed by atoms with Gasteiger partial charge in [0.25, 0.3) is 5.56 Å². The normalized spacial score (nSPS) is 14.6. The maximum Gasteiger partial charge on any atom is 0.418 e. The summed E-state index contributed by atoms with van der Waals surface area (Å²) in [5.74, 6) is 0. The predicted octanol–water partition coefficient (Wildman–Crippen LogP) is 3.84. The molecule has 0 spiro atoms. The van der Waals surface area contributed by atoms with Gasteiger partial charge in [-0.2, -0.15) is 18.4 Å². The Morgan fingerprint density at radius 2 is 1.88 bits per heavy atom. The van der Waals surface area contributed by atoms with Crippen molar-refractivity contribution in [1.82, 2.24) is 4.98 Å². The number of nitrogens with zero attached hydrogens (tertiary/aromatic N) is 2. The number of alkyl halides is 3. The Morgan fingerprint density at radius 3 is 2.48 bits per heavy atom. The lowest BCUT2D eigenvalue weighted by Gasteiger charge is -2.23. The molecule has 0 radical (unpaired) electrons. The average Bonchev–Trinajstić information content (AvgIpc) is 3.07. The van der Waals surface area contributed by atoms with Gasteiger partial charge in [-0.3, -0.25) is 4.79 Å². The van der Waals surface area contributed by atoms with Gasteiger partial charge in [-0.1, -0.05) is 6.07 Å². The fourth-order valence-corrected chi connectivity index (χ4v) is 3.19. The zero-order valence-electron chi connectivity index (χ0n) is 13.6. The highest BCUT2D eigenvalue weighted by Gasteiger charge is 2.36. The average molecular weight is 347 g/mol. The Kier molecular flexibility index (Phi) is 4.29. The van der Waals surface area contributed by atoms with E-state index < -0.39 is 17.3 Å². The van der Waals surface area contributed by atoms with Crippen LogP contribution in [0.1, 0.15) is 29.7 Å². The lowest BCUT2D eigenvalue weighted by Crippen LogP contribution is -2.22. The molecule has 4 nitrogen and oxygen atoms in total. The van der Waals surface area contributed by atoms with Crippen LogP contribution in [0, 0.1) is 18.3 Å². The Hall–Kier alpha value is -2.75. The number of aromatic nitrogens is 1. The Labute approximate surface area is 142 Å². The van der Waals surface area contributed by atoms with Crippen molar-refractivity contribution in [3.63, 3.8) is 0 Å². The third-order valence-electron chi connectivity index (χ3n) is 4.34. The molecule has 0 aliphatic carbocycles. The van der Waals surface area contributed by atoms with Gasteiger partial charge in [-0.05, 0) is 43.5 Å². The minimum absolute atomic E-state index is 0.147. The smallest absolute Gasteiger partial charge is 0.371 e. The number of nitriles is 1. The van der Waals surface area contributed by atoms with Gasteiger partial charge < -0.3 is 9.88 Å². The molecule has 2 aromatic rings. The Morgan fingerprint density at radius 1 is 1.20 bits per heavy atom. The fraction of sp³-hybridized carbons (Fsp3) is 0.333. The SMILES string of the molecule is Cc1cc(-c2ccc(N3CCCC3)c(C(F)(F)F)c2)c(C#N)c(=O)[nH]1. The summed E-state index contributed by atoms with van der Waals surface area (Å²) < 4.78 is 40.7. The minimum atomic E-state index is -4.52. The Balaban J connectivity index is 2.20. The molecule has 1 saturated heterocycles. The largest absolute Gasteiger partial charge is 0.418 e. The molecule has 2 heterocycles. The van der Waals surface area contributed by atoms with Crippen LogP contribution < -0.4 is 10.5 Å². The zero-order valence-corrected chi connectivity index (χ0v) is 13.6. The number of benzene rings is 1. The van der Waals surface area contributed by atoms with Crippen LogP contribution in [0.15, 0.2) is 29.1 Å². The van der Waals surface area contributed by atoms with E-state index in [0.29, 0.717) is 18.8 Å². The second kappa shape index (κ2) is 6.28. The van der Waals surface area contributed by atoms with E-state index in [2.05, 4.69) is 4.98 Å². The second-order valence-corrected chi connectivity index (χ2v) is 6.11. The molecule has 1 aliphatic rings.